The van der Waals surface area contributed by atoms with Gasteiger partial charge in [-0.2, -0.15) is 5.10 Å². The first-order valence-electron chi connectivity index (χ1n) is 9.68. The summed E-state index contributed by atoms with van der Waals surface area (Å²) in [5.41, 5.74) is 3.68. The molecule has 0 bridgehead atoms. The van der Waals surface area contributed by atoms with Crippen LogP contribution in [-0.4, -0.2) is 29.9 Å². The SMILES string of the molecule is Cc1nn(-c2ccc(F)cc2)c(C)c1CC(=O)NC1CCS(=O)(=O)c2ccccc21. The molecule has 2 aromatic carbocycles. The number of hydrogen-bond donors (Lipinski definition) is 1. The molecule has 1 aliphatic heterocycles. The molecule has 1 amide bonds. The van der Waals surface area contributed by atoms with E-state index in [4.69, 9.17) is 0 Å². The lowest BCUT2D eigenvalue weighted by Gasteiger charge is -2.26. The highest BCUT2D eigenvalue weighted by molar-refractivity contribution is 7.91. The molecular weight excluding hydrogens is 405 g/mol. The summed E-state index contributed by atoms with van der Waals surface area (Å²) in [6, 6.07) is 12.5. The van der Waals surface area contributed by atoms with Gasteiger partial charge in [-0.25, -0.2) is 17.5 Å². The number of benzene rings is 2. The molecule has 0 spiro atoms. The van der Waals surface area contributed by atoms with Gasteiger partial charge in [0.15, 0.2) is 9.84 Å². The smallest absolute Gasteiger partial charge is 0.225 e. The number of fused-ring (bicyclic) bond motifs is 1. The van der Waals surface area contributed by atoms with E-state index >= 15 is 0 Å². The molecule has 0 saturated carbocycles. The highest BCUT2D eigenvalue weighted by atomic mass is 32.2. The van der Waals surface area contributed by atoms with Crippen molar-refractivity contribution in [2.75, 3.05) is 5.75 Å². The van der Waals surface area contributed by atoms with Crippen molar-refractivity contribution in [2.45, 2.75) is 37.6 Å². The molecule has 1 N–H and O–H groups in total. The van der Waals surface area contributed by atoms with Crippen LogP contribution in [0.1, 0.15) is 35.0 Å². The van der Waals surface area contributed by atoms with Gasteiger partial charge in [0, 0.05) is 11.3 Å². The third-order valence-electron chi connectivity index (χ3n) is 5.49. The summed E-state index contributed by atoms with van der Waals surface area (Å²) in [6.07, 6.45) is 0.474. The Bertz CT molecular complexity index is 1220. The summed E-state index contributed by atoms with van der Waals surface area (Å²) in [6.45, 7) is 3.70. The minimum atomic E-state index is -3.30. The third-order valence-corrected chi connectivity index (χ3v) is 7.30. The molecule has 0 fully saturated rings. The van der Waals surface area contributed by atoms with Crippen molar-refractivity contribution in [1.82, 2.24) is 15.1 Å². The van der Waals surface area contributed by atoms with E-state index in [1.807, 2.05) is 13.8 Å². The van der Waals surface area contributed by atoms with Crippen LogP contribution in [-0.2, 0) is 21.1 Å². The lowest BCUT2D eigenvalue weighted by molar-refractivity contribution is -0.121. The average molecular weight is 428 g/mol. The highest BCUT2D eigenvalue weighted by Gasteiger charge is 2.31. The van der Waals surface area contributed by atoms with Crippen molar-refractivity contribution in [2.24, 2.45) is 0 Å². The molecule has 0 radical (unpaired) electrons. The molecule has 8 heteroatoms. The van der Waals surface area contributed by atoms with Crippen molar-refractivity contribution in [3.05, 3.63) is 76.9 Å². The fraction of sp³-hybridized carbons (Fsp3) is 0.273. The lowest BCUT2D eigenvalue weighted by atomic mass is 10.0. The van der Waals surface area contributed by atoms with Crippen LogP contribution < -0.4 is 5.32 Å². The molecule has 156 valence electrons. The maximum Gasteiger partial charge on any atom is 0.225 e. The number of sulfone groups is 1. The van der Waals surface area contributed by atoms with E-state index in [0.29, 0.717) is 12.0 Å². The van der Waals surface area contributed by atoms with Crippen LogP contribution in [0.15, 0.2) is 53.4 Å². The zero-order valence-electron chi connectivity index (χ0n) is 16.7. The number of nitrogens with one attached hydrogen (secondary N) is 1. The van der Waals surface area contributed by atoms with Gasteiger partial charge in [-0.3, -0.25) is 4.79 Å². The van der Waals surface area contributed by atoms with Gasteiger partial charge in [0.25, 0.3) is 0 Å². The predicted molar refractivity (Wildman–Crippen MR) is 111 cm³/mol. The Morgan fingerprint density at radius 1 is 1.17 bits per heavy atom. The summed E-state index contributed by atoms with van der Waals surface area (Å²) in [5, 5.41) is 7.48. The van der Waals surface area contributed by atoms with Crippen LogP contribution in [0.5, 0.6) is 0 Å². The van der Waals surface area contributed by atoms with Crippen molar-refractivity contribution >= 4 is 15.7 Å². The van der Waals surface area contributed by atoms with Gasteiger partial charge in [0.05, 0.1) is 34.5 Å². The molecule has 4 rings (SSSR count). The minimum absolute atomic E-state index is 0.00944. The molecule has 2 heterocycles. The predicted octanol–water partition coefficient (Wildman–Crippen LogP) is 3.21. The van der Waals surface area contributed by atoms with Gasteiger partial charge in [-0.15, -0.1) is 0 Å². The number of nitrogens with zero attached hydrogens (tertiary/aromatic N) is 2. The Morgan fingerprint density at radius 2 is 1.87 bits per heavy atom. The first-order chi connectivity index (χ1) is 14.3. The molecule has 6 nitrogen and oxygen atoms in total. The van der Waals surface area contributed by atoms with Crippen molar-refractivity contribution < 1.29 is 17.6 Å². The monoisotopic (exact) mass is 427 g/mol. The Balaban J connectivity index is 1.55. The fourth-order valence-electron chi connectivity index (χ4n) is 3.91. The standard InChI is InChI=1S/C22H22FN3O3S/c1-14-19(15(2)26(25-14)17-9-7-16(23)8-10-17)13-22(27)24-20-11-12-30(28,29)21-6-4-3-5-18(20)21/h3-10,20H,11-13H2,1-2H3,(H,24,27). The summed E-state index contributed by atoms with van der Waals surface area (Å²) >= 11 is 0. The molecule has 30 heavy (non-hydrogen) atoms. The number of carbonyl (C=O) groups excluding carboxylic acids is 1. The summed E-state index contributed by atoms with van der Waals surface area (Å²) in [5.74, 6) is -0.510. The first kappa shape index (κ1) is 20.3. The summed E-state index contributed by atoms with van der Waals surface area (Å²) < 4.78 is 39.5. The maximum absolute atomic E-state index is 13.2. The van der Waals surface area contributed by atoms with E-state index in [-0.39, 0.29) is 34.8 Å². The van der Waals surface area contributed by atoms with E-state index in [1.54, 1.807) is 41.1 Å². The topological polar surface area (TPSA) is 81.1 Å². The molecule has 1 unspecified atom stereocenters. The van der Waals surface area contributed by atoms with Crippen LogP contribution >= 0.6 is 0 Å². The van der Waals surface area contributed by atoms with Crippen molar-refractivity contribution in [3.63, 3.8) is 0 Å². The van der Waals surface area contributed by atoms with Crippen LogP contribution in [0.25, 0.3) is 5.69 Å². The quantitative estimate of drug-likeness (QED) is 0.693. The molecule has 1 aromatic heterocycles. The minimum Gasteiger partial charge on any atom is -0.349 e. The number of carbonyl (C=O) groups is 1. The van der Waals surface area contributed by atoms with Crippen LogP contribution in [0.4, 0.5) is 4.39 Å². The number of rotatable bonds is 4. The van der Waals surface area contributed by atoms with E-state index in [2.05, 4.69) is 10.4 Å². The average Bonchev–Trinajstić information content (AvgIpc) is 2.99. The molecule has 0 saturated heterocycles. The third kappa shape index (κ3) is 3.75. The number of aromatic nitrogens is 2. The van der Waals surface area contributed by atoms with Gasteiger partial charge in [-0.05, 0) is 56.2 Å². The fourth-order valence-corrected chi connectivity index (χ4v) is 5.53. The number of amides is 1. The first-order valence-corrected chi connectivity index (χ1v) is 11.3. The highest BCUT2D eigenvalue weighted by Crippen LogP contribution is 2.32. The van der Waals surface area contributed by atoms with E-state index < -0.39 is 9.84 Å². The van der Waals surface area contributed by atoms with Gasteiger partial charge >= 0.3 is 0 Å². The van der Waals surface area contributed by atoms with E-state index in [1.165, 1.54) is 12.1 Å². The number of aryl methyl sites for hydroxylation is 1. The molecular formula is C22H22FN3O3S. The molecule has 1 atom stereocenters. The lowest BCUT2D eigenvalue weighted by Crippen LogP contribution is -2.34. The van der Waals surface area contributed by atoms with Gasteiger partial charge in [0.1, 0.15) is 5.82 Å². The van der Waals surface area contributed by atoms with Crippen LogP contribution in [0.3, 0.4) is 0 Å². The number of hydrogen-bond acceptors (Lipinski definition) is 4. The zero-order valence-corrected chi connectivity index (χ0v) is 17.5. The normalized spacial score (nSPS) is 17.4. The maximum atomic E-state index is 13.2. The zero-order chi connectivity index (χ0) is 21.5. The van der Waals surface area contributed by atoms with E-state index in [9.17, 15) is 17.6 Å². The second-order valence-corrected chi connectivity index (χ2v) is 9.56. The Kier molecular flexibility index (Phi) is 5.19. The van der Waals surface area contributed by atoms with E-state index in [0.717, 1.165) is 22.6 Å². The molecule has 3 aromatic rings. The second kappa shape index (κ2) is 7.68. The summed E-state index contributed by atoms with van der Waals surface area (Å²) in [7, 11) is -3.30. The Labute approximate surface area is 174 Å². The number of halogens is 1. The molecule has 0 aliphatic carbocycles. The van der Waals surface area contributed by atoms with Gasteiger partial charge in [-0.1, -0.05) is 18.2 Å². The molecule has 1 aliphatic rings. The largest absolute Gasteiger partial charge is 0.349 e. The van der Waals surface area contributed by atoms with Crippen molar-refractivity contribution in [1.29, 1.82) is 0 Å². The van der Waals surface area contributed by atoms with Gasteiger partial charge < -0.3 is 5.32 Å². The Hall–Kier alpha value is -3.00. The Morgan fingerprint density at radius 3 is 2.60 bits per heavy atom. The summed E-state index contributed by atoms with van der Waals surface area (Å²) in [4.78, 5) is 13.1. The van der Waals surface area contributed by atoms with Crippen molar-refractivity contribution in [3.8, 4) is 5.69 Å². The van der Waals surface area contributed by atoms with Crippen LogP contribution in [0.2, 0.25) is 0 Å². The van der Waals surface area contributed by atoms with Gasteiger partial charge in [0.2, 0.25) is 5.91 Å². The second-order valence-electron chi connectivity index (χ2n) is 7.48. The van der Waals surface area contributed by atoms with Crippen LogP contribution in [0, 0.1) is 19.7 Å².